The number of ether oxygens (including phenoxy) is 1. The van der Waals surface area contributed by atoms with Crippen molar-refractivity contribution in [3.63, 3.8) is 0 Å². The van der Waals surface area contributed by atoms with Crippen molar-refractivity contribution in [3.05, 3.63) is 40.4 Å². The van der Waals surface area contributed by atoms with E-state index in [-0.39, 0.29) is 0 Å². The minimum Gasteiger partial charge on any atom is -0.501 e. The van der Waals surface area contributed by atoms with Crippen LogP contribution in [0.15, 0.2) is 17.9 Å². The second kappa shape index (κ2) is 7.35. The van der Waals surface area contributed by atoms with Gasteiger partial charge in [-0.25, -0.2) is 4.98 Å². The third-order valence-electron chi connectivity index (χ3n) is 9.68. The van der Waals surface area contributed by atoms with Crippen LogP contribution in [0, 0.1) is 36.0 Å². The van der Waals surface area contributed by atoms with E-state index < -0.39 is 0 Å². The van der Waals surface area contributed by atoms with Crippen LogP contribution in [-0.2, 0) is 17.6 Å². The number of hydrogen-bond acceptors (Lipinski definition) is 4. The number of fused-ring (bicyclic) bond motifs is 4. The highest BCUT2D eigenvalue weighted by atomic mass is 16.5. The number of aromatic nitrogens is 3. The molecule has 2 heterocycles. The van der Waals surface area contributed by atoms with E-state index in [4.69, 9.17) is 14.8 Å². The average Bonchev–Trinajstić information content (AvgIpc) is 3.38. The maximum atomic E-state index is 5.52. The molecule has 1 unspecified atom stereocenters. The van der Waals surface area contributed by atoms with Crippen LogP contribution in [0.1, 0.15) is 75.9 Å². The van der Waals surface area contributed by atoms with Gasteiger partial charge in [0, 0.05) is 29.3 Å². The largest absolute Gasteiger partial charge is 0.501 e. The molecule has 5 aliphatic rings. The van der Waals surface area contributed by atoms with Crippen LogP contribution in [-0.4, -0.2) is 27.7 Å². The third-order valence-corrected chi connectivity index (χ3v) is 9.68. The third kappa shape index (κ3) is 3.03. The van der Waals surface area contributed by atoms with Crippen LogP contribution < -0.4 is 5.32 Å². The zero-order chi connectivity index (χ0) is 23.1. The molecule has 2 aromatic rings. The lowest BCUT2D eigenvalue weighted by Crippen LogP contribution is -2.58. The summed E-state index contributed by atoms with van der Waals surface area (Å²) < 4.78 is 7.66. The van der Waals surface area contributed by atoms with Crippen molar-refractivity contribution in [3.8, 4) is 0 Å². The fourth-order valence-electron chi connectivity index (χ4n) is 7.45. The summed E-state index contributed by atoms with van der Waals surface area (Å²) in [4.78, 5) is 5.21. The van der Waals surface area contributed by atoms with Gasteiger partial charge >= 0.3 is 0 Å². The Morgan fingerprint density at radius 2 is 1.97 bits per heavy atom. The van der Waals surface area contributed by atoms with Crippen LogP contribution in [0.3, 0.4) is 0 Å². The minimum absolute atomic E-state index is 0.385. The maximum absolute atomic E-state index is 5.52. The molecule has 2 aromatic heterocycles. The highest BCUT2D eigenvalue weighted by molar-refractivity contribution is 5.82. The smallest absolute Gasteiger partial charge is 0.165 e. The summed E-state index contributed by atoms with van der Waals surface area (Å²) in [5.41, 5.74) is 7.81. The van der Waals surface area contributed by atoms with Crippen molar-refractivity contribution in [2.45, 2.75) is 79.2 Å². The molecule has 3 fully saturated rings. The van der Waals surface area contributed by atoms with E-state index in [1.54, 1.807) is 7.11 Å². The van der Waals surface area contributed by atoms with Gasteiger partial charge in [0.2, 0.25) is 0 Å². The van der Waals surface area contributed by atoms with Crippen LogP contribution in [0.5, 0.6) is 0 Å². The maximum Gasteiger partial charge on any atom is 0.165 e. The van der Waals surface area contributed by atoms with Gasteiger partial charge in [0.25, 0.3) is 0 Å². The van der Waals surface area contributed by atoms with Gasteiger partial charge in [-0.05, 0) is 79.8 Å². The summed E-state index contributed by atoms with van der Waals surface area (Å²) in [5, 5.41) is 9.14. The molecule has 3 saturated carbocycles. The highest BCUT2D eigenvalue weighted by Crippen LogP contribution is 2.61. The molecule has 33 heavy (non-hydrogen) atoms. The summed E-state index contributed by atoms with van der Waals surface area (Å²) >= 11 is 0. The molecule has 0 saturated heterocycles. The van der Waals surface area contributed by atoms with Crippen LogP contribution in [0.25, 0.3) is 11.2 Å². The van der Waals surface area contributed by atoms with Gasteiger partial charge in [-0.2, -0.15) is 9.61 Å². The van der Waals surface area contributed by atoms with E-state index in [2.05, 4.69) is 56.6 Å². The summed E-state index contributed by atoms with van der Waals surface area (Å²) in [6, 6.07) is 0.519. The van der Waals surface area contributed by atoms with Gasteiger partial charge in [-0.3, -0.25) is 0 Å². The summed E-state index contributed by atoms with van der Waals surface area (Å²) in [6.45, 7) is 11.8. The molecule has 5 heteroatoms. The molecule has 1 N–H and O–H groups in total. The fourth-order valence-corrected chi connectivity index (χ4v) is 7.45. The Morgan fingerprint density at radius 3 is 2.67 bits per heavy atom. The van der Waals surface area contributed by atoms with E-state index in [9.17, 15) is 0 Å². The molecular formula is C28H38N4O. The summed E-state index contributed by atoms with van der Waals surface area (Å²) in [7, 11) is 1.76. The van der Waals surface area contributed by atoms with Crippen molar-refractivity contribution < 1.29 is 4.74 Å². The number of rotatable bonds is 4. The highest BCUT2D eigenvalue weighted by Gasteiger charge is 2.56. The van der Waals surface area contributed by atoms with E-state index in [0.717, 1.165) is 48.2 Å². The van der Waals surface area contributed by atoms with E-state index >= 15 is 0 Å². The number of methoxy groups -OCH3 is 1. The molecule has 5 aliphatic carbocycles. The first-order chi connectivity index (χ1) is 15.8. The van der Waals surface area contributed by atoms with Crippen molar-refractivity contribution in [1.29, 1.82) is 0 Å². The normalized spacial score (nSPS) is 32.1. The molecule has 0 amide bonds. The Bertz CT molecular complexity index is 1190. The Balaban J connectivity index is 1.44. The molecule has 0 spiro atoms. The number of aryl methyl sites for hydroxylation is 2. The van der Waals surface area contributed by atoms with Gasteiger partial charge in [0.15, 0.2) is 5.65 Å². The predicted octanol–water partition coefficient (Wildman–Crippen LogP) is 5.96. The lowest BCUT2D eigenvalue weighted by molar-refractivity contribution is -0.105. The molecule has 0 aromatic carbocycles. The Morgan fingerprint density at radius 1 is 1.15 bits per heavy atom. The number of nitrogens with one attached hydrogen (secondary N) is 1. The van der Waals surface area contributed by atoms with E-state index in [0.29, 0.717) is 23.3 Å². The average molecular weight is 447 g/mol. The molecule has 5 nitrogen and oxygen atoms in total. The first-order valence-electron chi connectivity index (χ1n) is 12.9. The SMILES string of the molecule is COC1=CC=C(c2c(C)nn3c(N[C@H]4C[C@H]5C[C@@H]([C@@H]4C)C5(C)C)c4c(nc23)CCC4)C(C)C1. The summed E-state index contributed by atoms with van der Waals surface area (Å²) in [6.07, 6.45) is 11.3. The second-order valence-electron chi connectivity index (χ2n) is 11.7. The first kappa shape index (κ1) is 21.2. The number of anilines is 1. The zero-order valence-corrected chi connectivity index (χ0v) is 21.0. The first-order valence-corrected chi connectivity index (χ1v) is 12.9. The monoisotopic (exact) mass is 446 g/mol. The molecule has 0 aliphatic heterocycles. The Hall–Kier alpha value is -2.30. The van der Waals surface area contributed by atoms with Crippen LogP contribution in [0.4, 0.5) is 5.82 Å². The minimum atomic E-state index is 0.385. The molecule has 0 radical (unpaired) electrons. The number of allylic oxidation sites excluding steroid dienone is 4. The molecular weight excluding hydrogens is 408 g/mol. The van der Waals surface area contributed by atoms with Crippen LogP contribution >= 0.6 is 0 Å². The Labute approximate surface area is 197 Å². The van der Waals surface area contributed by atoms with Crippen molar-refractivity contribution in [2.75, 3.05) is 12.4 Å². The van der Waals surface area contributed by atoms with Gasteiger partial charge in [0.1, 0.15) is 5.82 Å². The van der Waals surface area contributed by atoms with E-state index in [1.165, 1.54) is 47.5 Å². The molecule has 5 atom stereocenters. The zero-order valence-electron chi connectivity index (χ0n) is 21.0. The number of nitrogens with zero attached hydrogens (tertiary/aromatic N) is 3. The van der Waals surface area contributed by atoms with Gasteiger partial charge in [0.05, 0.1) is 18.6 Å². The van der Waals surface area contributed by atoms with E-state index in [1.807, 2.05) is 0 Å². The molecule has 2 bridgehead atoms. The standard InChI is InChI=1S/C28H38N4O/c1-15-12-19(33-6)10-11-20(15)25-17(3)31-32-26(21-8-7-9-23(21)29-27(25)32)30-24-14-18-13-22(16(24)2)28(18,4)5/h10-11,15-16,18,22,24,30H,7-9,12-14H2,1-6H3/t15?,16-,18+,22-,24-/m0/s1. The van der Waals surface area contributed by atoms with Gasteiger partial charge in [-0.1, -0.05) is 33.8 Å². The van der Waals surface area contributed by atoms with Gasteiger partial charge < -0.3 is 10.1 Å². The quantitative estimate of drug-likeness (QED) is 0.629. The fraction of sp³-hybridized carbons (Fsp3) is 0.643. The van der Waals surface area contributed by atoms with Crippen LogP contribution in [0.2, 0.25) is 0 Å². The van der Waals surface area contributed by atoms with Crippen molar-refractivity contribution in [1.82, 2.24) is 14.6 Å². The van der Waals surface area contributed by atoms with Gasteiger partial charge in [-0.15, -0.1) is 0 Å². The Kier molecular flexibility index (Phi) is 4.73. The number of hydrogen-bond donors (Lipinski definition) is 1. The topological polar surface area (TPSA) is 51.5 Å². The second-order valence-corrected chi connectivity index (χ2v) is 11.7. The lowest BCUT2D eigenvalue weighted by atomic mass is 9.45. The molecule has 7 rings (SSSR count). The van der Waals surface area contributed by atoms with Crippen molar-refractivity contribution >= 4 is 17.0 Å². The predicted molar refractivity (Wildman–Crippen MR) is 133 cm³/mol. The lowest BCUT2D eigenvalue weighted by Gasteiger charge is -2.62. The van der Waals surface area contributed by atoms with Crippen molar-refractivity contribution in [2.24, 2.45) is 29.1 Å². The summed E-state index contributed by atoms with van der Waals surface area (Å²) in [5.74, 6) is 4.99. The molecule has 176 valence electrons.